The third-order valence-electron chi connectivity index (χ3n) is 4.00. The molecule has 140 valence electrons. The SMILES string of the molecule is CN(C)c1ccc(CNC(=O)CCCn2nnc(-c3ccccc3)n2)cn1. The summed E-state index contributed by atoms with van der Waals surface area (Å²) in [4.78, 5) is 19.8. The van der Waals surface area contributed by atoms with Crippen LogP contribution in [0.25, 0.3) is 11.4 Å². The molecule has 0 bridgehead atoms. The number of benzene rings is 1. The van der Waals surface area contributed by atoms with Crippen LogP contribution in [0.1, 0.15) is 18.4 Å². The minimum atomic E-state index is -0.00455. The molecule has 0 aliphatic carbocycles. The Balaban J connectivity index is 1.40. The van der Waals surface area contributed by atoms with Gasteiger partial charge in [0.15, 0.2) is 0 Å². The minimum absolute atomic E-state index is 0.00455. The maximum atomic E-state index is 12.0. The van der Waals surface area contributed by atoms with Crippen LogP contribution in [0.3, 0.4) is 0 Å². The second-order valence-electron chi connectivity index (χ2n) is 6.37. The molecule has 0 saturated heterocycles. The molecule has 0 saturated carbocycles. The number of aromatic nitrogens is 5. The van der Waals surface area contributed by atoms with E-state index in [1.54, 1.807) is 6.20 Å². The van der Waals surface area contributed by atoms with Crippen molar-refractivity contribution in [3.8, 4) is 11.4 Å². The molecular formula is C19H23N7O. The Kier molecular flexibility index (Phi) is 6.09. The number of hydrogen-bond acceptors (Lipinski definition) is 6. The van der Waals surface area contributed by atoms with E-state index >= 15 is 0 Å². The predicted molar refractivity (Wildman–Crippen MR) is 103 cm³/mol. The molecule has 0 radical (unpaired) electrons. The summed E-state index contributed by atoms with van der Waals surface area (Å²) in [6, 6.07) is 13.6. The van der Waals surface area contributed by atoms with E-state index in [4.69, 9.17) is 0 Å². The standard InChI is InChI=1S/C19H23N7O/c1-25(2)17-11-10-15(13-20-17)14-21-18(27)9-6-12-26-23-19(22-24-26)16-7-4-3-5-8-16/h3-5,7-8,10-11,13H,6,9,12,14H2,1-2H3,(H,21,27). The summed E-state index contributed by atoms with van der Waals surface area (Å²) in [6.07, 6.45) is 2.83. The van der Waals surface area contributed by atoms with Gasteiger partial charge in [-0.05, 0) is 23.3 Å². The number of pyridine rings is 1. The molecule has 3 rings (SSSR count). The summed E-state index contributed by atoms with van der Waals surface area (Å²) in [7, 11) is 3.88. The number of anilines is 1. The van der Waals surface area contributed by atoms with Crippen molar-refractivity contribution in [3.05, 3.63) is 54.2 Å². The molecule has 2 aromatic heterocycles. The molecule has 0 aliphatic heterocycles. The van der Waals surface area contributed by atoms with Gasteiger partial charge < -0.3 is 10.2 Å². The lowest BCUT2D eigenvalue weighted by atomic mass is 10.2. The number of aryl methyl sites for hydroxylation is 1. The highest BCUT2D eigenvalue weighted by Gasteiger charge is 2.07. The fourth-order valence-corrected chi connectivity index (χ4v) is 2.50. The quantitative estimate of drug-likeness (QED) is 0.656. The molecule has 0 fully saturated rings. The molecule has 2 heterocycles. The van der Waals surface area contributed by atoms with Crippen molar-refractivity contribution in [1.29, 1.82) is 0 Å². The van der Waals surface area contributed by atoms with Crippen molar-refractivity contribution >= 4 is 11.7 Å². The van der Waals surface area contributed by atoms with Gasteiger partial charge in [0, 0.05) is 38.8 Å². The van der Waals surface area contributed by atoms with E-state index < -0.39 is 0 Å². The van der Waals surface area contributed by atoms with Gasteiger partial charge in [-0.2, -0.15) is 4.80 Å². The molecule has 0 spiro atoms. The summed E-state index contributed by atoms with van der Waals surface area (Å²) in [5.41, 5.74) is 1.90. The monoisotopic (exact) mass is 365 g/mol. The molecule has 1 amide bonds. The Morgan fingerprint density at radius 1 is 1.15 bits per heavy atom. The summed E-state index contributed by atoms with van der Waals surface area (Å²) < 4.78 is 0. The molecule has 0 aliphatic rings. The van der Waals surface area contributed by atoms with E-state index in [2.05, 4.69) is 25.7 Å². The molecule has 27 heavy (non-hydrogen) atoms. The Labute approximate surface area is 158 Å². The number of nitrogens with zero attached hydrogens (tertiary/aromatic N) is 6. The smallest absolute Gasteiger partial charge is 0.220 e. The van der Waals surface area contributed by atoms with Crippen molar-refractivity contribution in [3.63, 3.8) is 0 Å². The highest BCUT2D eigenvalue weighted by molar-refractivity contribution is 5.75. The zero-order valence-corrected chi connectivity index (χ0v) is 15.5. The Bertz CT molecular complexity index is 859. The number of rotatable bonds is 8. The van der Waals surface area contributed by atoms with Crippen molar-refractivity contribution < 1.29 is 4.79 Å². The molecular weight excluding hydrogens is 342 g/mol. The first-order valence-corrected chi connectivity index (χ1v) is 8.84. The number of tetrazole rings is 1. The number of carbonyl (C=O) groups excluding carboxylic acids is 1. The molecule has 0 atom stereocenters. The molecule has 8 heteroatoms. The van der Waals surface area contributed by atoms with Gasteiger partial charge in [0.25, 0.3) is 0 Å². The predicted octanol–water partition coefficient (Wildman–Crippen LogP) is 1.90. The fraction of sp³-hybridized carbons (Fsp3) is 0.316. The van der Waals surface area contributed by atoms with E-state index in [0.29, 0.717) is 31.8 Å². The number of amides is 1. The van der Waals surface area contributed by atoms with Crippen molar-refractivity contribution in [2.75, 3.05) is 19.0 Å². The van der Waals surface area contributed by atoms with Gasteiger partial charge in [0.1, 0.15) is 5.82 Å². The van der Waals surface area contributed by atoms with Gasteiger partial charge in [-0.3, -0.25) is 4.79 Å². The maximum Gasteiger partial charge on any atom is 0.220 e. The Hall–Kier alpha value is -3.29. The van der Waals surface area contributed by atoms with Gasteiger partial charge in [0.2, 0.25) is 11.7 Å². The number of hydrogen-bond donors (Lipinski definition) is 1. The van der Waals surface area contributed by atoms with Gasteiger partial charge in [-0.25, -0.2) is 4.98 Å². The third-order valence-corrected chi connectivity index (χ3v) is 4.00. The highest BCUT2D eigenvalue weighted by Crippen LogP contribution is 2.12. The topological polar surface area (TPSA) is 88.8 Å². The lowest BCUT2D eigenvalue weighted by Gasteiger charge is -2.11. The molecule has 0 unspecified atom stereocenters. The Morgan fingerprint density at radius 3 is 2.67 bits per heavy atom. The zero-order valence-electron chi connectivity index (χ0n) is 15.5. The van der Waals surface area contributed by atoms with Crippen LogP contribution in [0.5, 0.6) is 0 Å². The maximum absolute atomic E-state index is 12.0. The van der Waals surface area contributed by atoms with Crippen LogP contribution in [0, 0.1) is 0 Å². The van der Waals surface area contributed by atoms with E-state index in [0.717, 1.165) is 16.9 Å². The first kappa shape index (κ1) is 18.5. The first-order chi connectivity index (χ1) is 13.1. The van der Waals surface area contributed by atoms with Crippen LogP contribution in [0.4, 0.5) is 5.82 Å². The second-order valence-corrected chi connectivity index (χ2v) is 6.37. The number of carbonyl (C=O) groups is 1. The number of nitrogens with one attached hydrogen (secondary N) is 1. The van der Waals surface area contributed by atoms with Crippen LogP contribution in [-0.4, -0.2) is 45.2 Å². The lowest BCUT2D eigenvalue weighted by molar-refractivity contribution is -0.121. The van der Waals surface area contributed by atoms with E-state index in [9.17, 15) is 4.79 Å². The molecule has 1 N–H and O–H groups in total. The fourth-order valence-electron chi connectivity index (χ4n) is 2.50. The summed E-state index contributed by atoms with van der Waals surface area (Å²) in [6.45, 7) is 1.02. The van der Waals surface area contributed by atoms with Crippen LogP contribution >= 0.6 is 0 Å². The average Bonchev–Trinajstić information content (AvgIpc) is 3.16. The minimum Gasteiger partial charge on any atom is -0.363 e. The van der Waals surface area contributed by atoms with Crippen LogP contribution < -0.4 is 10.2 Å². The van der Waals surface area contributed by atoms with Crippen molar-refractivity contribution in [1.82, 2.24) is 30.5 Å². The van der Waals surface area contributed by atoms with Crippen LogP contribution in [-0.2, 0) is 17.9 Å². The normalized spacial score (nSPS) is 10.6. The van der Waals surface area contributed by atoms with Gasteiger partial charge in [-0.1, -0.05) is 36.4 Å². The first-order valence-electron chi connectivity index (χ1n) is 8.84. The second kappa shape index (κ2) is 8.88. The lowest BCUT2D eigenvalue weighted by Crippen LogP contribution is -2.23. The highest BCUT2D eigenvalue weighted by atomic mass is 16.1. The molecule has 8 nitrogen and oxygen atoms in total. The molecule has 1 aromatic carbocycles. The van der Waals surface area contributed by atoms with E-state index in [1.165, 1.54) is 4.80 Å². The summed E-state index contributed by atoms with van der Waals surface area (Å²) >= 11 is 0. The van der Waals surface area contributed by atoms with Crippen LogP contribution in [0.2, 0.25) is 0 Å². The van der Waals surface area contributed by atoms with Gasteiger partial charge in [0.05, 0.1) is 6.54 Å². The van der Waals surface area contributed by atoms with Gasteiger partial charge >= 0.3 is 0 Å². The van der Waals surface area contributed by atoms with Gasteiger partial charge in [-0.15, -0.1) is 10.2 Å². The van der Waals surface area contributed by atoms with Crippen molar-refractivity contribution in [2.45, 2.75) is 25.9 Å². The Morgan fingerprint density at radius 2 is 1.96 bits per heavy atom. The average molecular weight is 365 g/mol. The summed E-state index contributed by atoms with van der Waals surface area (Å²) in [5, 5.41) is 15.3. The zero-order chi connectivity index (χ0) is 19.1. The third kappa shape index (κ3) is 5.34. The molecule has 3 aromatic rings. The van der Waals surface area contributed by atoms with Crippen LogP contribution in [0.15, 0.2) is 48.7 Å². The van der Waals surface area contributed by atoms with E-state index in [1.807, 2.05) is 61.5 Å². The van der Waals surface area contributed by atoms with Crippen molar-refractivity contribution in [2.24, 2.45) is 0 Å². The van der Waals surface area contributed by atoms with E-state index in [-0.39, 0.29) is 5.91 Å². The largest absolute Gasteiger partial charge is 0.363 e. The summed E-state index contributed by atoms with van der Waals surface area (Å²) in [5.74, 6) is 1.48.